The first-order valence-corrected chi connectivity index (χ1v) is 9.36. The molecule has 5 heteroatoms. The predicted molar refractivity (Wildman–Crippen MR) is 91.8 cm³/mol. The number of nitrogens with zero attached hydrogens (tertiary/aromatic N) is 2. The zero-order valence-corrected chi connectivity index (χ0v) is 14.1. The molecule has 122 valence electrons. The van der Waals surface area contributed by atoms with Gasteiger partial charge in [0.15, 0.2) is 0 Å². The summed E-state index contributed by atoms with van der Waals surface area (Å²) in [7, 11) is 0. The van der Waals surface area contributed by atoms with Crippen LogP contribution in [0.4, 0.5) is 0 Å². The van der Waals surface area contributed by atoms with Crippen LogP contribution in [0.25, 0.3) is 10.2 Å². The fraction of sp³-hybridized carbons (Fsp3) is 0.556. The number of carbonyl (C=O) groups is 1. The highest BCUT2D eigenvalue weighted by molar-refractivity contribution is 7.18. The summed E-state index contributed by atoms with van der Waals surface area (Å²) >= 11 is 1.78. The minimum atomic E-state index is 0.144. The van der Waals surface area contributed by atoms with Gasteiger partial charge in [-0.1, -0.05) is 12.1 Å². The normalized spacial score (nSPS) is 25.1. The number of thiazole rings is 1. The van der Waals surface area contributed by atoms with Gasteiger partial charge < -0.3 is 9.64 Å². The Morgan fingerprint density at radius 2 is 2.22 bits per heavy atom. The van der Waals surface area contributed by atoms with E-state index in [1.165, 1.54) is 9.71 Å². The lowest BCUT2D eigenvalue weighted by Gasteiger charge is -2.32. The molecule has 2 atom stereocenters. The van der Waals surface area contributed by atoms with Crippen LogP contribution >= 0.6 is 11.3 Å². The summed E-state index contributed by atoms with van der Waals surface area (Å²) in [5.74, 6) is 0.636. The molecule has 2 fully saturated rings. The molecular formula is C18H22N2O2S. The third-order valence-electron chi connectivity index (χ3n) is 4.86. The number of aromatic nitrogens is 1. The summed E-state index contributed by atoms with van der Waals surface area (Å²) in [5, 5.41) is 1.18. The highest BCUT2D eigenvalue weighted by atomic mass is 32.1. The molecule has 4 rings (SSSR count). The van der Waals surface area contributed by atoms with Gasteiger partial charge in [0.1, 0.15) is 0 Å². The number of rotatable bonds is 3. The Bertz CT molecular complexity index is 660. The van der Waals surface area contributed by atoms with Gasteiger partial charge in [0.05, 0.1) is 27.7 Å². The van der Waals surface area contributed by atoms with Crippen LogP contribution in [-0.4, -0.2) is 41.6 Å². The van der Waals surface area contributed by atoms with Crippen molar-refractivity contribution in [1.82, 2.24) is 9.88 Å². The van der Waals surface area contributed by atoms with Crippen molar-refractivity contribution in [3.8, 4) is 0 Å². The van der Waals surface area contributed by atoms with Crippen LogP contribution in [0.3, 0.4) is 0 Å². The van der Waals surface area contributed by atoms with Crippen molar-refractivity contribution in [3.05, 3.63) is 29.3 Å². The molecule has 3 heterocycles. The smallest absolute Gasteiger partial charge is 0.225 e. The van der Waals surface area contributed by atoms with E-state index >= 15 is 0 Å². The van der Waals surface area contributed by atoms with Crippen molar-refractivity contribution in [2.24, 2.45) is 0 Å². The summed E-state index contributed by atoms with van der Waals surface area (Å²) in [5.41, 5.74) is 1.08. The molecule has 2 aliphatic heterocycles. The molecule has 23 heavy (non-hydrogen) atoms. The SMILES string of the molecule is O=C(C[C@@H]1CCCO1)N1CCC[C@H](c2nc3ccccc3s2)C1. The fourth-order valence-corrected chi connectivity index (χ4v) is 4.69. The number of amides is 1. The van der Waals surface area contributed by atoms with Crippen LogP contribution in [0.15, 0.2) is 24.3 Å². The summed E-state index contributed by atoms with van der Waals surface area (Å²) < 4.78 is 6.85. The third-order valence-corrected chi connectivity index (χ3v) is 6.06. The van der Waals surface area contributed by atoms with Gasteiger partial charge in [-0.3, -0.25) is 4.79 Å². The first-order valence-electron chi connectivity index (χ1n) is 8.54. The van der Waals surface area contributed by atoms with Gasteiger partial charge in [-0.05, 0) is 37.8 Å². The van der Waals surface area contributed by atoms with Gasteiger partial charge in [-0.2, -0.15) is 0 Å². The number of hydrogen-bond acceptors (Lipinski definition) is 4. The summed E-state index contributed by atoms with van der Waals surface area (Å²) in [4.78, 5) is 19.4. The van der Waals surface area contributed by atoms with Crippen molar-refractivity contribution < 1.29 is 9.53 Å². The second-order valence-electron chi connectivity index (χ2n) is 6.54. The topological polar surface area (TPSA) is 42.4 Å². The highest BCUT2D eigenvalue weighted by Crippen LogP contribution is 2.33. The van der Waals surface area contributed by atoms with E-state index in [2.05, 4.69) is 18.2 Å². The van der Waals surface area contributed by atoms with E-state index in [0.29, 0.717) is 12.3 Å². The van der Waals surface area contributed by atoms with E-state index in [9.17, 15) is 4.79 Å². The van der Waals surface area contributed by atoms with Crippen molar-refractivity contribution in [3.63, 3.8) is 0 Å². The minimum absolute atomic E-state index is 0.144. The zero-order valence-electron chi connectivity index (χ0n) is 13.2. The van der Waals surface area contributed by atoms with Gasteiger partial charge >= 0.3 is 0 Å². The number of hydrogen-bond donors (Lipinski definition) is 0. The van der Waals surface area contributed by atoms with E-state index in [4.69, 9.17) is 9.72 Å². The number of benzene rings is 1. The van der Waals surface area contributed by atoms with Gasteiger partial charge in [-0.15, -0.1) is 11.3 Å². The van der Waals surface area contributed by atoms with E-state index in [0.717, 1.165) is 50.9 Å². The lowest BCUT2D eigenvalue weighted by Crippen LogP contribution is -2.40. The molecule has 0 spiro atoms. The fourth-order valence-electron chi connectivity index (χ4n) is 3.60. The van der Waals surface area contributed by atoms with Gasteiger partial charge in [0, 0.05) is 25.6 Å². The second-order valence-corrected chi connectivity index (χ2v) is 7.60. The van der Waals surface area contributed by atoms with Crippen molar-refractivity contribution in [2.45, 2.75) is 44.1 Å². The van der Waals surface area contributed by atoms with Crippen LogP contribution in [0.1, 0.15) is 43.0 Å². The molecule has 2 saturated heterocycles. The first kappa shape index (κ1) is 15.1. The number of likely N-dealkylation sites (tertiary alicyclic amines) is 1. The Morgan fingerprint density at radius 3 is 3.04 bits per heavy atom. The third kappa shape index (κ3) is 3.26. The van der Waals surface area contributed by atoms with E-state index in [-0.39, 0.29) is 12.0 Å². The van der Waals surface area contributed by atoms with E-state index in [1.54, 1.807) is 11.3 Å². The Balaban J connectivity index is 1.44. The summed E-state index contributed by atoms with van der Waals surface area (Å²) in [6, 6.07) is 8.28. The Labute approximate surface area is 140 Å². The quantitative estimate of drug-likeness (QED) is 0.864. The maximum Gasteiger partial charge on any atom is 0.225 e. The molecule has 1 aromatic carbocycles. The molecule has 0 radical (unpaired) electrons. The molecule has 2 aliphatic rings. The summed E-state index contributed by atoms with van der Waals surface area (Å²) in [6.07, 6.45) is 5.01. The van der Waals surface area contributed by atoms with E-state index in [1.807, 2.05) is 11.0 Å². The van der Waals surface area contributed by atoms with Crippen LogP contribution in [0.2, 0.25) is 0 Å². The first-order chi connectivity index (χ1) is 11.3. The lowest BCUT2D eigenvalue weighted by atomic mass is 9.98. The van der Waals surface area contributed by atoms with Crippen molar-refractivity contribution in [1.29, 1.82) is 0 Å². The summed E-state index contributed by atoms with van der Waals surface area (Å²) in [6.45, 7) is 2.50. The standard InChI is InChI=1S/C18H22N2O2S/c21-17(11-14-6-4-10-22-14)20-9-3-5-13(12-20)18-19-15-7-1-2-8-16(15)23-18/h1-2,7-8,13-14H,3-6,9-12H2/t13-,14-/m0/s1. The second kappa shape index (κ2) is 6.57. The Kier molecular flexibility index (Phi) is 4.31. The van der Waals surface area contributed by atoms with Crippen LogP contribution < -0.4 is 0 Å². The molecule has 1 aromatic heterocycles. The lowest BCUT2D eigenvalue weighted by molar-refractivity contribution is -0.134. The predicted octanol–water partition coefficient (Wildman–Crippen LogP) is 3.57. The zero-order chi connectivity index (χ0) is 15.6. The highest BCUT2D eigenvalue weighted by Gasteiger charge is 2.29. The number of ether oxygens (including phenoxy) is 1. The largest absolute Gasteiger partial charge is 0.378 e. The van der Waals surface area contributed by atoms with Crippen LogP contribution in [0, 0.1) is 0 Å². The van der Waals surface area contributed by atoms with Gasteiger partial charge in [0.25, 0.3) is 0 Å². The maximum absolute atomic E-state index is 12.5. The number of fused-ring (bicyclic) bond motifs is 1. The average molecular weight is 330 g/mol. The maximum atomic E-state index is 12.5. The molecule has 0 saturated carbocycles. The van der Waals surface area contributed by atoms with Crippen LogP contribution in [0.5, 0.6) is 0 Å². The Morgan fingerprint density at radius 1 is 1.30 bits per heavy atom. The number of carbonyl (C=O) groups excluding carboxylic acids is 1. The molecule has 1 amide bonds. The monoisotopic (exact) mass is 330 g/mol. The van der Waals surface area contributed by atoms with Crippen molar-refractivity contribution in [2.75, 3.05) is 19.7 Å². The minimum Gasteiger partial charge on any atom is -0.378 e. The Hall–Kier alpha value is -1.46. The molecule has 0 unspecified atom stereocenters. The molecule has 4 nitrogen and oxygen atoms in total. The van der Waals surface area contributed by atoms with Crippen LogP contribution in [-0.2, 0) is 9.53 Å². The van der Waals surface area contributed by atoms with E-state index < -0.39 is 0 Å². The van der Waals surface area contributed by atoms with Gasteiger partial charge in [0.2, 0.25) is 5.91 Å². The molecule has 2 aromatic rings. The molecule has 0 bridgehead atoms. The molecular weight excluding hydrogens is 308 g/mol. The average Bonchev–Trinajstić information content (AvgIpc) is 3.24. The molecule has 0 aliphatic carbocycles. The molecule has 0 N–H and O–H groups in total. The number of para-hydroxylation sites is 1. The number of piperidine rings is 1. The van der Waals surface area contributed by atoms with Gasteiger partial charge in [-0.25, -0.2) is 4.98 Å². The van der Waals surface area contributed by atoms with Crippen molar-refractivity contribution >= 4 is 27.5 Å².